The van der Waals surface area contributed by atoms with Gasteiger partial charge in [-0.05, 0) is 6.42 Å². The minimum absolute atomic E-state index is 0.148. The third-order valence-corrected chi connectivity index (χ3v) is 2.42. The zero-order chi connectivity index (χ0) is 13.0. The minimum atomic E-state index is -0.520. The van der Waals surface area contributed by atoms with Gasteiger partial charge < -0.3 is 11.1 Å². The van der Waals surface area contributed by atoms with Crippen LogP contribution in [0.2, 0.25) is 0 Å². The molecule has 1 aromatic heterocycles. The molecule has 0 bridgehead atoms. The van der Waals surface area contributed by atoms with Crippen LogP contribution >= 0.6 is 15.9 Å². The lowest BCUT2D eigenvalue weighted by Gasteiger charge is -2.12. The number of aromatic nitrogens is 2. The smallest absolute Gasteiger partial charge is 0.330 e. The molecule has 0 fully saturated rings. The molecule has 17 heavy (non-hydrogen) atoms. The Morgan fingerprint density at radius 2 is 2.24 bits per heavy atom. The summed E-state index contributed by atoms with van der Waals surface area (Å²) in [5, 5.41) is 2.83. The molecule has 0 unspecified atom stereocenters. The molecule has 94 valence electrons. The summed E-state index contributed by atoms with van der Waals surface area (Å²) in [7, 11) is 0. The number of aromatic amines is 1. The standard InChI is InChI=1S/C10H15BrN4O2/c1-3-4-15-8(12)7(13-5-6(2)11)9(16)14-10(15)17/h13H,2-5,12H2,1H3,(H,14,16,17). The van der Waals surface area contributed by atoms with Gasteiger partial charge in [-0.25, -0.2) is 4.79 Å². The molecule has 1 heterocycles. The molecule has 0 aromatic carbocycles. The van der Waals surface area contributed by atoms with Crippen molar-refractivity contribution in [2.75, 3.05) is 17.6 Å². The summed E-state index contributed by atoms with van der Waals surface area (Å²) in [5.74, 6) is 0.148. The lowest BCUT2D eigenvalue weighted by atomic mass is 10.4. The average molecular weight is 303 g/mol. The molecule has 7 heteroatoms. The molecule has 0 radical (unpaired) electrons. The Morgan fingerprint density at radius 1 is 1.59 bits per heavy atom. The second-order valence-corrected chi connectivity index (χ2v) is 4.66. The number of anilines is 2. The first-order chi connectivity index (χ1) is 7.97. The molecule has 0 atom stereocenters. The summed E-state index contributed by atoms with van der Waals surface area (Å²) in [6.45, 7) is 6.38. The molecule has 1 aromatic rings. The Balaban J connectivity index is 3.21. The van der Waals surface area contributed by atoms with E-state index in [1.807, 2.05) is 6.92 Å². The summed E-state index contributed by atoms with van der Waals surface area (Å²) in [6, 6.07) is 0. The highest BCUT2D eigenvalue weighted by atomic mass is 79.9. The zero-order valence-electron chi connectivity index (χ0n) is 9.55. The fourth-order valence-corrected chi connectivity index (χ4v) is 1.53. The van der Waals surface area contributed by atoms with Gasteiger partial charge in [-0.15, -0.1) is 0 Å². The van der Waals surface area contributed by atoms with Crippen molar-refractivity contribution in [1.82, 2.24) is 9.55 Å². The van der Waals surface area contributed by atoms with Crippen LogP contribution in [0.1, 0.15) is 13.3 Å². The average Bonchev–Trinajstić information content (AvgIpc) is 2.23. The van der Waals surface area contributed by atoms with Gasteiger partial charge in [0.2, 0.25) is 0 Å². The van der Waals surface area contributed by atoms with E-state index in [0.29, 0.717) is 17.6 Å². The third-order valence-electron chi connectivity index (χ3n) is 2.14. The highest BCUT2D eigenvalue weighted by molar-refractivity contribution is 9.11. The van der Waals surface area contributed by atoms with E-state index in [0.717, 1.165) is 6.42 Å². The quantitative estimate of drug-likeness (QED) is 0.752. The summed E-state index contributed by atoms with van der Waals surface area (Å²) >= 11 is 3.17. The molecule has 1 rings (SSSR count). The number of nitrogens with zero attached hydrogens (tertiary/aromatic N) is 1. The van der Waals surface area contributed by atoms with E-state index in [-0.39, 0.29) is 11.5 Å². The highest BCUT2D eigenvalue weighted by Gasteiger charge is 2.11. The number of hydrogen-bond acceptors (Lipinski definition) is 4. The summed E-state index contributed by atoms with van der Waals surface area (Å²) < 4.78 is 2.02. The Labute approximate surface area is 107 Å². The lowest BCUT2D eigenvalue weighted by Crippen LogP contribution is -2.34. The van der Waals surface area contributed by atoms with Gasteiger partial charge in [0.25, 0.3) is 5.56 Å². The van der Waals surface area contributed by atoms with Crippen LogP contribution in [-0.2, 0) is 6.54 Å². The van der Waals surface area contributed by atoms with Gasteiger partial charge in [-0.2, -0.15) is 0 Å². The maximum atomic E-state index is 11.6. The number of nitrogens with two attached hydrogens (primary N) is 1. The SMILES string of the molecule is C=C(Br)CNc1c(N)n(CCC)c(=O)[nH]c1=O. The second kappa shape index (κ2) is 5.72. The Bertz CT molecular complexity index is 532. The van der Waals surface area contributed by atoms with E-state index >= 15 is 0 Å². The van der Waals surface area contributed by atoms with Gasteiger partial charge in [-0.3, -0.25) is 14.3 Å². The van der Waals surface area contributed by atoms with Crippen LogP contribution in [-0.4, -0.2) is 16.1 Å². The van der Waals surface area contributed by atoms with E-state index in [9.17, 15) is 9.59 Å². The van der Waals surface area contributed by atoms with Crippen molar-refractivity contribution in [3.8, 4) is 0 Å². The fraction of sp³-hybridized carbons (Fsp3) is 0.400. The number of rotatable bonds is 5. The van der Waals surface area contributed by atoms with Crippen molar-refractivity contribution >= 4 is 27.4 Å². The molecule has 0 aliphatic rings. The summed E-state index contributed by atoms with van der Waals surface area (Å²) in [4.78, 5) is 25.3. The second-order valence-electron chi connectivity index (χ2n) is 3.54. The maximum Gasteiger partial charge on any atom is 0.330 e. The lowest BCUT2D eigenvalue weighted by molar-refractivity contribution is 0.642. The van der Waals surface area contributed by atoms with Crippen LogP contribution in [0.4, 0.5) is 11.5 Å². The van der Waals surface area contributed by atoms with Gasteiger partial charge in [-0.1, -0.05) is 29.4 Å². The van der Waals surface area contributed by atoms with Crippen molar-refractivity contribution in [3.05, 3.63) is 31.9 Å². The van der Waals surface area contributed by atoms with Crippen LogP contribution in [0, 0.1) is 0 Å². The van der Waals surface area contributed by atoms with Crippen LogP contribution in [0.15, 0.2) is 20.7 Å². The Hall–Kier alpha value is -1.50. The molecule has 0 saturated heterocycles. The number of H-pyrrole nitrogens is 1. The predicted molar refractivity (Wildman–Crippen MR) is 72.6 cm³/mol. The molecule has 0 amide bonds. The monoisotopic (exact) mass is 302 g/mol. The first-order valence-corrected chi connectivity index (χ1v) is 5.96. The van der Waals surface area contributed by atoms with Crippen molar-refractivity contribution in [3.63, 3.8) is 0 Å². The summed E-state index contributed by atoms with van der Waals surface area (Å²) in [6.07, 6.45) is 0.751. The number of nitrogen functional groups attached to an aromatic ring is 1. The fourth-order valence-electron chi connectivity index (χ4n) is 1.39. The van der Waals surface area contributed by atoms with Crippen LogP contribution in [0.25, 0.3) is 0 Å². The normalized spacial score (nSPS) is 10.2. The van der Waals surface area contributed by atoms with Gasteiger partial charge in [0.05, 0.1) is 0 Å². The Kier molecular flexibility index (Phi) is 4.56. The van der Waals surface area contributed by atoms with Crippen molar-refractivity contribution < 1.29 is 0 Å². The minimum Gasteiger partial charge on any atom is -0.383 e. The molecule has 0 saturated carbocycles. The van der Waals surface area contributed by atoms with Crippen molar-refractivity contribution in [2.45, 2.75) is 19.9 Å². The zero-order valence-corrected chi connectivity index (χ0v) is 11.1. The van der Waals surface area contributed by atoms with Gasteiger partial charge in [0.1, 0.15) is 11.5 Å². The van der Waals surface area contributed by atoms with E-state index in [2.05, 4.69) is 32.8 Å². The molecule has 6 nitrogen and oxygen atoms in total. The topological polar surface area (TPSA) is 92.9 Å². The van der Waals surface area contributed by atoms with E-state index in [1.165, 1.54) is 4.57 Å². The van der Waals surface area contributed by atoms with E-state index < -0.39 is 11.2 Å². The largest absolute Gasteiger partial charge is 0.383 e. The number of nitrogens with one attached hydrogen (secondary N) is 2. The van der Waals surface area contributed by atoms with Crippen LogP contribution < -0.4 is 22.3 Å². The predicted octanol–water partition coefficient (Wildman–Crippen LogP) is 0.849. The van der Waals surface area contributed by atoms with Crippen LogP contribution in [0.5, 0.6) is 0 Å². The molecule has 0 spiro atoms. The Morgan fingerprint density at radius 3 is 2.76 bits per heavy atom. The summed E-state index contributed by atoms with van der Waals surface area (Å²) in [5.41, 5.74) is 4.98. The number of hydrogen-bond donors (Lipinski definition) is 3. The first kappa shape index (κ1) is 13.6. The maximum absolute atomic E-state index is 11.6. The van der Waals surface area contributed by atoms with Gasteiger partial charge >= 0.3 is 5.69 Å². The first-order valence-electron chi connectivity index (χ1n) is 5.17. The molecular formula is C10H15BrN4O2. The molecule has 4 N–H and O–H groups in total. The van der Waals surface area contributed by atoms with E-state index in [4.69, 9.17) is 5.73 Å². The highest BCUT2D eigenvalue weighted by Crippen LogP contribution is 2.11. The van der Waals surface area contributed by atoms with Gasteiger partial charge in [0, 0.05) is 17.6 Å². The van der Waals surface area contributed by atoms with Crippen molar-refractivity contribution in [1.29, 1.82) is 0 Å². The van der Waals surface area contributed by atoms with Crippen LogP contribution in [0.3, 0.4) is 0 Å². The number of halogens is 1. The third kappa shape index (κ3) is 3.23. The van der Waals surface area contributed by atoms with Crippen molar-refractivity contribution in [2.24, 2.45) is 0 Å². The molecular weight excluding hydrogens is 288 g/mol. The molecule has 0 aliphatic carbocycles. The van der Waals surface area contributed by atoms with E-state index in [1.54, 1.807) is 0 Å². The van der Waals surface area contributed by atoms with Gasteiger partial charge in [0.15, 0.2) is 0 Å². The molecule has 0 aliphatic heterocycles.